The first kappa shape index (κ1) is 17.0. The average molecular weight is 334 g/mol. The molecule has 0 spiro atoms. The number of benzene rings is 1. The second kappa shape index (κ2) is 7.36. The van der Waals surface area contributed by atoms with Crippen LogP contribution in [0.3, 0.4) is 0 Å². The first-order chi connectivity index (χ1) is 12.2. The molecule has 0 fully saturated rings. The van der Waals surface area contributed by atoms with Gasteiger partial charge in [0.15, 0.2) is 0 Å². The molecule has 1 amide bonds. The summed E-state index contributed by atoms with van der Waals surface area (Å²) in [5.74, 6) is -0.0962. The molecule has 1 aromatic carbocycles. The number of fused-ring (bicyclic) bond motifs is 1. The van der Waals surface area contributed by atoms with Gasteiger partial charge in [0.05, 0.1) is 6.61 Å². The minimum absolute atomic E-state index is 0.0629. The maximum Gasteiger partial charge on any atom is 0.256 e. The van der Waals surface area contributed by atoms with Gasteiger partial charge in [-0.1, -0.05) is 43.0 Å². The van der Waals surface area contributed by atoms with Gasteiger partial charge in [-0.2, -0.15) is 0 Å². The first-order valence-electron chi connectivity index (χ1n) is 8.38. The molecule has 1 aliphatic heterocycles. The molecular formula is C21H22N2O2. The number of para-hydroxylation sites is 1. The van der Waals surface area contributed by atoms with E-state index in [4.69, 9.17) is 0 Å². The number of rotatable bonds is 6. The van der Waals surface area contributed by atoms with Gasteiger partial charge >= 0.3 is 0 Å². The van der Waals surface area contributed by atoms with Crippen molar-refractivity contribution < 1.29 is 9.90 Å². The zero-order valence-electron chi connectivity index (χ0n) is 14.3. The fourth-order valence-corrected chi connectivity index (χ4v) is 3.19. The number of nitrogens with one attached hydrogen (secondary N) is 1. The van der Waals surface area contributed by atoms with E-state index >= 15 is 0 Å². The Hall–Kier alpha value is -2.85. The lowest BCUT2D eigenvalue weighted by molar-refractivity contribution is -0.110. The van der Waals surface area contributed by atoms with Crippen LogP contribution in [0.25, 0.3) is 17.7 Å². The Morgan fingerprint density at radius 2 is 2.12 bits per heavy atom. The average Bonchev–Trinajstić information content (AvgIpc) is 3.11. The SMILES string of the molecule is C=Cc1c(/C=C2\C(=O)Nc3ccccc32)cn(CCO)c1C/C=C\C. The standard InChI is InChI=1S/C21H22N2O2/c1-3-5-10-20-16(4-2)15(14-23(20)11-12-24)13-18-17-8-6-7-9-19(17)22-21(18)25/h3-9,13-14,24H,2,10-12H2,1H3,(H,22,25)/b5-3-,18-13-. The van der Waals surface area contributed by atoms with Gasteiger partial charge in [0, 0.05) is 52.8 Å². The fraction of sp³-hybridized carbons (Fsp3) is 0.190. The van der Waals surface area contributed by atoms with Crippen LogP contribution in [0.15, 0.2) is 49.2 Å². The zero-order valence-corrected chi connectivity index (χ0v) is 14.3. The molecule has 0 saturated heterocycles. The predicted molar refractivity (Wildman–Crippen MR) is 103 cm³/mol. The highest BCUT2D eigenvalue weighted by molar-refractivity contribution is 6.35. The molecule has 3 rings (SSSR count). The quantitative estimate of drug-likeness (QED) is 0.625. The van der Waals surface area contributed by atoms with Crippen LogP contribution in [0.5, 0.6) is 0 Å². The summed E-state index contributed by atoms with van der Waals surface area (Å²) in [6, 6.07) is 7.68. The van der Waals surface area contributed by atoms with Crippen LogP contribution >= 0.6 is 0 Å². The normalized spacial score (nSPS) is 15.0. The lowest BCUT2D eigenvalue weighted by Crippen LogP contribution is -2.05. The summed E-state index contributed by atoms with van der Waals surface area (Å²) in [5.41, 5.74) is 5.41. The number of allylic oxidation sites excluding steroid dienone is 2. The Kier molecular flexibility index (Phi) is 5.00. The molecule has 25 heavy (non-hydrogen) atoms. The molecule has 1 aliphatic rings. The second-order valence-corrected chi connectivity index (χ2v) is 5.90. The summed E-state index contributed by atoms with van der Waals surface area (Å²) >= 11 is 0. The van der Waals surface area contributed by atoms with Crippen LogP contribution < -0.4 is 5.32 Å². The van der Waals surface area contributed by atoms with Gasteiger partial charge in [0.2, 0.25) is 0 Å². The fourth-order valence-electron chi connectivity index (χ4n) is 3.19. The Morgan fingerprint density at radius 1 is 1.32 bits per heavy atom. The van der Waals surface area contributed by atoms with Gasteiger partial charge in [-0.05, 0) is 19.1 Å². The summed E-state index contributed by atoms with van der Waals surface area (Å²) in [7, 11) is 0. The minimum Gasteiger partial charge on any atom is -0.395 e. The lowest BCUT2D eigenvalue weighted by Gasteiger charge is -2.06. The van der Waals surface area contributed by atoms with Crippen molar-refractivity contribution in [3.63, 3.8) is 0 Å². The van der Waals surface area contributed by atoms with E-state index in [0.717, 1.165) is 34.5 Å². The van der Waals surface area contributed by atoms with Crippen LogP contribution in [0.1, 0.15) is 29.3 Å². The molecule has 0 bridgehead atoms. The second-order valence-electron chi connectivity index (χ2n) is 5.90. The molecule has 0 radical (unpaired) electrons. The highest BCUT2D eigenvalue weighted by atomic mass is 16.3. The molecule has 128 valence electrons. The van der Waals surface area contributed by atoms with E-state index in [2.05, 4.69) is 18.0 Å². The first-order valence-corrected chi connectivity index (χ1v) is 8.38. The largest absolute Gasteiger partial charge is 0.395 e. The van der Waals surface area contributed by atoms with E-state index in [9.17, 15) is 9.90 Å². The molecule has 1 aromatic heterocycles. The van der Waals surface area contributed by atoms with Crippen molar-refractivity contribution >= 4 is 29.3 Å². The molecule has 2 heterocycles. The molecule has 2 N–H and O–H groups in total. The number of hydrogen-bond donors (Lipinski definition) is 2. The number of nitrogens with zero attached hydrogens (tertiary/aromatic N) is 1. The number of carbonyl (C=O) groups is 1. The monoisotopic (exact) mass is 334 g/mol. The van der Waals surface area contributed by atoms with Gasteiger partial charge in [0.1, 0.15) is 0 Å². The van der Waals surface area contributed by atoms with Crippen molar-refractivity contribution in [2.75, 3.05) is 11.9 Å². The summed E-state index contributed by atoms with van der Waals surface area (Å²) < 4.78 is 2.03. The number of carbonyl (C=O) groups excluding carboxylic acids is 1. The Morgan fingerprint density at radius 3 is 2.84 bits per heavy atom. The van der Waals surface area contributed by atoms with Crippen molar-refractivity contribution in [2.45, 2.75) is 19.9 Å². The van der Waals surface area contributed by atoms with Crippen LogP contribution in [-0.2, 0) is 17.8 Å². The number of aromatic nitrogens is 1. The van der Waals surface area contributed by atoms with E-state index in [1.165, 1.54) is 0 Å². The molecule has 0 atom stereocenters. The highest BCUT2D eigenvalue weighted by Crippen LogP contribution is 2.34. The zero-order chi connectivity index (χ0) is 17.8. The van der Waals surface area contributed by atoms with Gasteiger partial charge < -0.3 is 15.0 Å². The van der Waals surface area contributed by atoms with Crippen LogP contribution in [0, 0.1) is 0 Å². The number of amides is 1. The molecule has 4 heteroatoms. The Balaban J connectivity index is 2.11. The van der Waals surface area contributed by atoms with E-state index in [0.29, 0.717) is 12.1 Å². The minimum atomic E-state index is -0.0962. The molecular weight excluding hydrogens is 312 g/mol. The highest BCUT2D eigenvalue weighted by Gasteiger charge is 2.24. The topological polar surface area (TPSA) is 54.3 Å². The number of aliphatic hydroxyl groups is 1. The molecule has 0 aliphatic carbocycles. The smallest absolute Gasteiger partial charge is 0.256 e. The summed E-state index contributed by atoms with van der Waals surface area (Å²) in [6.45, 7) is 6.50. The number of aliphatic hydroxyl groups excluding tert-OH is 1. The van der Waals surface area contributed by atoms with E-state index in [1.54, 1.807) is 0 Å². The number of hydrogen-bond acceptors (Lipinski definition) is 2. The van der Waals surface area contributed by atoms with Gasteiger partial charge in [-0.25, -0.2) is 0 Å². The molecule has 4 nitrogen and oxygen atoms in total. The third-order valence-electron chi connectivity index (χ3n) is 4.37. The van der Waals surface area contributed by atoms with E-state index in [-0.39, 0.29) is 12.5 Å². The van der Waals surface area contributed by atoms with Crippen molar-refractivity contribution in [3.05, 3.63) is 71.6 Å². The van der Waals surface area contributed by atoms with Gasteiger partial charge in [-0.15, -0.1) is 0 Å². The Bertz CT molecular complexity index is 872. The number of anilines is 1. The molecule has 0 unspecified atom stereocenters. The van der Waals surface area contributed by atoms with Crippen molar-refractivity contribution in [2.24, 2.45) is 0 Å². The lowest BCUT2D eigenvalue weighted by atomic mass is 10.0. The van der Waals surface area contributed by atoms with Crippen molar-refractivity contribution in [3.8, 4) is 0 Å². The summed E-state index contributed by atoms with van der Waals surface area (Å²) in [4.78, 5) is 12.4. The van der Waals surface area contributed by atoms with Crippen molar-refractivity contribution in [1.29, 1.82) is 0 Å². The maximum absolute atomic E-state index is 12.4. The third kappa shape index (κ3) is 3.21. The van der Waals surface area contributed by atoms with E-state index in [1.807, 2.05) is 60.2 Å². The summed E-state index contributed by atoms with van der Waals surface area (Å²) in [6.07, 6.45) is 10.5. The van der Waals surface area contributed by atoms with Crippen LogP contribution in [0.4, 0.5) is 5.69 Å². The molecule has 0 saturated carbocycles. The van der Waals surface area contributed by atoms with Crippen LogP contribution in [0.2, 0.25) is 0 Å². The van der Waals surface area contributed by atoms with E-state index < -0.39 is 0 Å². The third-order valence-corrected chi connectivity index (χ3v) is 4.37. The predicted octanol–water partition coefficient (Wildman–Crippen LogP) is 3.73. The van der Waals surface area contributed by atoms with Gasteiger partial charge in [0.25, 0.3) is 5.91 Å². The Labute approximate surface area is 147 Å². The van der Waals surface area contributed by atoms with Gasteiger partial charge in [-0.3, -0.25) is 4.79 Å². The maximum atomic E-state index is 12.4. The van der Waals surface area contributed by atoms with Crippen molar-refractivity contribution in [1.82, 2.24) is 4.57 Å². The molecule has 2 aromatic rings. The summed E-state index contributed by atoms with van der Waals surface area (Å²) in [5, 5.41) is 12.2. The van der Waals surface area contributed by atoms with Crippen LogP contribution in [-0.4, -0.2) is 22.2 Å².